The number of nitrogens with one attached hydrogen (secondary N) is 1. The van der Waals surface area contributed by atoms with Crippen LogP contribution in [0.4, 0.5) is 5.69 Å². The number of hydrogen-bond donors (Lipinski definition) is 1. The van der Waals surface area contributed by atoms with E-state index in [1.165, 1.54) is 0 Å². The van der Waals surface area contributed by atoms with Crippen LogP contribution in [0.2, 0.25) is 0 Å². The van der Waals surface area contributed by atoms with Crippen LogP contribution in [0, 0.1) is 6.92 Å². The topological polar surface area (TPSA) is 45.5 Å². The highest BCUT2D eigenvalue weighted by atomic mass is 35.5. The van der Waals surface area contributed by atoms with Gasteiger partial charge in [0.05, 0.1) is 10.7 Å². The average molecular weight is 395 g/mol. The Bertz CT molecular complexity index is 1050. The molecule has 4 nitrogen and oxygen atoms in total. The molecule has 1 aromatic heterocycles. The third kappa shape index (κ3) is 4.23. The van der Waals surface area contributed by atoms with Crippen LogP contribution < -0.4 is 10.9 Å². The second-order valence-electron chi connectivity index (χ2n) is 7.28. The van der Waals surface area contributed by atoms with Gasteiger partial charge in [-0.25, -0.2) is 4.79 Å². The molecule has 0 atom stereocenters. The fourth-order valence-corrected chi connectivity index (χ4v) is 3.89. The van der Waals surface area contributed by atoms with Crippen LogP contribution >= 0.6 is 11.6 Å². The maximum absolute atomic E-state index is 11.9. The van der Waals surface area contributed by atoms with E-state index in [2.05, 4.69) is 16.3 Å². The van der Waals surface area contributed by atoms with Crippen molar-refractivity contribution in [2.75, 3.05) is 18.4 Å². The summed E-state index contributed by atoms with van der Waals surface area (Å²) in [6.07, 6.45) is 3.98. The number of fused-ring (bicyclic) bond motifs is 1. The quantitative estimate of drug-likeness (QED) is 0.616. The van der Waals surface area contributed by atoms with Gasteiger partial charge in [0.15, 0.2) is 0 Å². The highest BCUT2D eigenvalue weighted by Gasteiger charge is 2.19. The summed E-state index contributed by atoms with van der Waals surface area (Å²) in [6.45, 7) is 3.87. The summed E-state index contributed by atoms with van der Waals surface area (Å²) in [5, 5.41) is 5.27. The van der Waals surface area contributed by atoms with E-state index < -0.39 is 0 Å². The summed E-state index contributed by atoms with van der Waals surface area (Å²) < 4.78 is 5.32. The number of nitrogens with zero attached hydrogens (tertiary/aromatic N) is 1. The molecule has 1 aliphatic heterocycles. The molecule has 28 heavy (non-hydrogen) atoms. The fourth-order valence-electron chi connectivity index (χ4n) is 3.62. The number of likely N-dealkylation sites (tertiary alicyclic amines) is 1. The maximum atomic E-state index is 11.9. The molecule has 1 aliphatic rings. The Morgan fingerprint density at radius 1 is 1.14 bits per heavy atom. The number of anilines is 1. The van der Waals surface area contributed by atoms with E-state index >= 15 is 0 Å². The average Bonchev–Trinajstić information content (AvgIpc) is 2.70. The molecule has 4 rings (SSSR count). The van der Waals surface area contributed by atoms with Gasteiger partial charge in [-0.15, -0.1) is 0 Å². The van der Waals surface area contributed by atoms with Gasteiger partial charge in [-0.2, -0.15) is 0 Å². The van der Waals surface area contributed by atoms with Gasteiger partial charge in [0, 0.05) is 36.8 Å². The molecular formula is C23H23ClN2O2. The number of halogens is 1. The number of aryl methyl sites for hydroxylation is 1. The minimum Gasteiger partial charge on any atom is -0.423 e. The van der Waals surface area contributed by atoms with E-state index in [4.69, 9.17) is 16.0 Å². The van der Waals surface area contributed by atoms with E-state index in [-0.39, 0.29) is 5.63 Å². The highest BCUT2D eigenvalue weighted by Crippen LogP contribution is 2.26. The molecule has 1 saturated heterocycles. The molecule has 0 unspecified atom stereocenters. The molecule has 144 valence electrons. The van der Waals surface area contributed by atoms with Crippen molar-refractivity contribution in [1.82, 2.24) is 4.90 Å². The molecule has 0 aliphatic carbocycles. The molecule has 0 spiro atoms. The van der Waals surface area contributed by atoms with Gasteiger partial charge in [-0.1, -0.05) is 53.6 Å². The van der Waals surface area contributed by atoms with Crippen LogP contribution in [0.1, 0.15) is 24.0 Å². The van der Waals surface area contributed by atoms with Crippen molar-refractivity contribution in [3.8, 4) is 0 Å². The normalized spacial score (nSPS) is 15.8. The molecule has 5 heteroatoms. The lowest BCUT2D eigenvalue weighted by Crippen LogP contribution is -2.36. The largest absolute Gasteiger partial charge is 0.423 e. The summed E-state index contributed by atoms with van der Waals surface area (Å²) in [5.41, 5.74) is 3.32. The predicted molar refractivity (Wildman–Crippen MR) is 116 cm³/mol. The van der Waals surface area contributed by atoms with E-state index in [1.807, 2.05) is 55.6 Å². The van der Waals surface area contributed by atoms with Crippen molar-refractivity contribution in [2.24, 2.45) is 0 Å². The van der Waals surface area contributed by atoms with Crippen molar-refractivity contribution in [3.63, 3.8) is 0 Å². The van der Waals surface area contributed by atoms with E-state index in [1.54, 1.807) is 6.07 Å². The minimum atomic E-state index is -0.325. The Kier molecular flexibility index (Phi) is 5.40. The second kappa shape index (κ2) is 8.11. The molecule has 0 bridgehead atoms. The van der Waals surface area contributed by atoms with Gasteiger partial charge < -0.3 is 14.6 Å². The lowest BCUT2D eigenvalue weighted by Gasteiger charge is -2.32. The zero-order valence-corrected chi connectivity index (χ0v) is 16.6. The molecule has 2 heterocycles. The lowest BCUT2D eigenvalue weighted by atomic mass is 10.0. The van der Waals surface area contributed by atoms with Crippen LogP contribution in [0.5, 0.6) is 0 Å². The van der Waals surface area contributed by atoms with Gasteiger partial charge in [0.1, 0.15) is 5.58 Å². The Hall–Kier alpha value is -2.72. The lowest BCUT2D eigenvalue weighted by molar-refractivity contribution is 0.295. The standard InChI is InChI=1S/C23H23ClN2O2/c1-16-7-8-22-19(13-16)21(14-23(27)28-22)25-18-9-11-26(12-10-18)15-20(24)17-5-3-2-4-6-17/h2-8,13-15,18,25H,9-12H2,1H3/b20-15-. The van der Waals surface area contributed by atoms with Gasteiger partial charge in [-0.05, 0) is 37.5 Å². The van der Waals surface area contributed by atoms with Gasteiger partial charge in [0.2, 0.25) is 0 Å². The zero-order chi connectivity index (χ0) is 19.5. The van der Waals surface area contributed by atoms with Crippen molar-refractivity contribution in [3.05, 3.63) is 82.3 Å². The number of rotatable bonds is 4. The summed E-state index contributed by atoms with van der Waals surface area (Å²) in [4.78, 5) is 14.2. The molecule has 0 saturated carbocycles. The van der Waals surface area contributed by atoms with Gasteiger partial charge in [-0.3, -0.25) is 0 Å². The Labute approximate surface area is 169 Å². The maximum Gasteiger partial charge on any atom is 0.338 e. The van der Waals surface area contributed by atoms with Gasteiger partial charge in [0.25, 0.3) is 0 Å². The molecule has 1 N–H and O–H groups in total. The van der Waals surface area contributed by atoms with E-state index in [9.17, 15) is 4.79 Å². The minimum absolute atomic E-state index is 0.311. The van der Waals surface area contributed by atoms with Crippen molar-refractivity contribution in [2.45, 2.75) is 25.8 Å². The first-order valence-electron chi connectivity index (χ1n) is 9.56. The van der Waals surface area contributed by atoms with Crippen LogP contribution in [-0.4, -0.2) is 24.0 Å². The van der Waals surface area contributed by atoms with E-state index in [0.29, 0.717) is 11.6 Å². The summed E-state index contributed by atoms with van der Waals surface area (Å²) in [7, 11) is 0. The van der Waals surface area contributed by atoms with Crippen molar-refractivity contribution in [1.29, 1.82) is 0 Å². The van der Waals surface area contributed by atoms with Crippen LogP contribution in [0.3, 0.4) is 0 Å². The highest BCUT2D eigenvalue weighted by molar-refractivity contribution is 6.48. The molecule has 1 fully saturated rings. The first-order chi connectivity index (χ1) is 13.6. The molecule has 0 radical (unpaired) electrons. The number of hydrogen-bond acceptors (Lipinski definition) is 4. The van der Waals surface area contributed by atoms with Crippen molar-refractivity contribution >= 4 is 33.3 Å². The van der Waals surface area contributed by atoms with Gasteiger partial charge >= 0.3 is 5.63 Å². The summed E-state index contributed by atoms with van der Waals surface area (Å²) in [6, 6.07) is 17.7. The zero-order valence-electron chi connectivity index (χ0n) is 15.8. The smallest absolute Gasteiger partial charge is 0.338 e. The van der Waals surface area contributed by atoms with E-state index in [0.717, 1.165) is 53.2 Å². The summed E-state index contributed by atoms with van der Waals surface area (Å²) in [5.74, 6) is 0. The first-order valence-corrected chi connectivity index (χ1v) is 9.94. The molecule has 3 aromatic rings. The van der Waals surface area contributed by atoms with Crippen LogP contribution in [0.15, 0.2) is 70.0 Å². The number of benzene rings is 2. The Morgan fingerprint density at radius 3 is 2.64 bits per heavy atom. The van der Waals surface area contributed by atoms with Crippen LogP contribution in [-0.2, 0) is 0 Å². The number of piperidine rings is 1. The summed E-state index contributed by atoms with van der Waals surface area (Å²) >= 11 is 6.46. The first kappa shape index (κ1) is 18.6. The monoisotopic (exact) mass is 394 g/mol. The molecule has 2 aromatic carbocycles. The molecule has 0 amide bonds. The SMILES string of the molecule is Cc1ccc2oc(=O)cc(NC3CCN(/C=C(\Cl)c4ccccc4)CC3)c2c1. The Balaban J connectivity index is 1.45. The Morgan fingerprint density at radius 2 is 1.89 bits per heavy atom. The van der Waals surface area contributed by atoms with Crippen molar-refractivity contribution < 1.29 is 4.42 Å². The predicted octanol–water partition coefficient (Wildman–Crippen LogP) is 5.22. The fraction of sp³-hybridized carbons (Fsp3) is 0.261. The third-order valence-electron chi connectivity index (χ3n) is 5.13. The third-order valence-corrected chi connectivity index (χ3v) is 5.45. The van der Waals surface area contributed by atoms with Crippen LogP contribution in [0.25, 0.3) is 16.0 Å². The second-order valence-corrected chi connectivity index (χ2v) is 7.68. The molecular weight excluding hydrogens is 372 g/mol.